The van der Waals surface area contributed by atoms with Gasteiger partial charge in [-0.1, -0.05) is 35.9 Å². The summed E-state index contributed by atoms with van der Waals surface area (Å²) in [7, 11) is 1.57. The van der Waals surface area contributed by atoms with Crippen LogP contribution in [0.4, 0.5) is 5.69 Å². The summed E-state index contributed by atoms with van der Waals surface area (Å²) in [6.45, 7) is 2.43. The molecule has 130 valence electrons. The first-order valence-electron chi connectivity index (χ1n) is 8.33. The Morgan fingerprint density at radius 3 is 2.52 bits per heavy atom. The van der Waals surface area contributed by atoms with Crippen LogP contribution in [0.15, 0.2) is 48.5 Å². The molecule has 0 heterocycles. The minimum absolute atomic E-state index is 0.214. The maximum absolute atomic E-state index is 12.6. The zero-order chi connectivity index (χ0) is 17.9. The van der Waals surface area contributed by atoms with Crippen LogP contribution in [-0.4, -0.2) is 18.9 Å². The van der Waals surface area contributed by atoms with Gasteiger partial charge in [-0.2, -0.15) is 0 Å². The largest absolute Gasteiger partial charge is 0.497 e. The van der Waals surface area contributed by atoms with Crippen molar-refractivity contribution in [3.63, 3.8) is 0 Å². The fourth-order valence-corrected chi connectivity index (χ4v) is 2.81. The summed E-state index contributed by atoms with van der Waals surface area (Å²) >= 11 is 0. The second-order valence-corrected chi connectivity index (χ2v) is 6.44. The molecule has 0 saturated heterocycles. The van der Waals surface area contributed by atoms with E-state index >= 15 is 0 Å². The van der Waals surface area contributed by atoms with Crippen molar-refractivity contribution in [2.45, 2.75) is 26.3 Å². The SMILES string of the molecule is COc1cccc(NC(=O)C2(C(=O)NCc3cccc(C)c3)CC2)c1. The highest BCUT2D eigenvalue weighted by Crippen LogP contribution is 2.47. The molecule has 2 aromatic rings. The molecule has 0 atom stereocenters. The lowest BCUT2D eigenvalue weighted by molar-refractivity contribution is -0.134. The molecule has 0 spiro atoms. The fourth-order valence-electron chi connectivity index (χ4n) is 2.81. The van der Waals surface area contributed by atoms with Crippen molar-refractivity contribution in [2.75, 3.05) is 12.4 Å². The number of anilines is 1. The summed E-state index contributed by atoms with van der Waals surface area (Å²) in [6, 6.07) is 15.1. The number of benzene rings is 2. The highest BCUT2D eigenvalue weighted by Gasteiger charge is 2.56. The third kappa shape index (κ3) is 3.82. The van der Waals surface area contributed by atoms with Gasteiger partial charge in [0.15, 0.2) is 0 Å². The fraction of sp³-hybridized carbons (Fsp3) is 0.300. The molecular formula is C20H22N2O3. The summed E-state index contributed by atoms with van der Waals surface area (Å²) in [5.74, 6) is 0.184. The van der Waals surface area contributed by atoms with E-state index in [1.54, 1.807) is 31.4 Å². The predicted molar refractivity (Wildman–Crippen MR) is 96.3 cm³/mol. The lowest BCUT2D eigenvalue weighted by Gasteiger charge is -2.16. The van der Waals surface area contributed by atoms with E-state index in [-0.39, 0.29) is 11.8 Å². The third-order valence-corrected chi connectivity index (χ3v) is 4.48. The number of hydrogen-bond donors (Lipinski definition) is 2. The smallest absolute Gasteiger partial charge is 0.240 e. The van der Waals surface area contributed by atoms with E-state index in [0.29, 0.717) is 30.8 Å². The molecule has 1 saturated carbocycles. The Bertz CT molecular complexity index is 797. The third-order valence-electron chi connectivity index (χ3n) is 4.48. The number of carbonyl (C=O) groups excluding carboxylic acids is 2. The summed E-state index contributed by atoms with van der Waals surface area (Å²) in [5, 5.41) is 5.72. The normalized spacial score (nSPS) is 14.5. The van der Waals surface area contributed by atoms with E-state index in [1.807, 2.05) is 31.2 Å². The number of nitrogens with one attached hydrogen (secondary N) is 2. The van der Waals surface area contributed by atoms with Gasteiger partial charge in [-0.05, 0) is 37.5 Å². The van der Waals surface area contributed by atoms with Gasteiger partial charge in [0.1, 0.15) is 11.2 Å². The average molecular weight is 338 g/mol. The molecule has 0 aromatic heterocycles. The van der Waals surface area contributed by atoms with Crippen LogP contribution in [0.25, 0.3) is 0 Å². The van der Waals surface area contributed by atoms with E-state index in [0.717, 1.165) is 11.1 Å². The first-order chi connectivity index (χ1) is 12.0. The van der Waals surface area contributed by atoms with Crippen LogP contribution in [0, 0.1) is 12.3 Å². The molecule has 3 rings (SSSR count). The summed E-state index contributed by atoms with van der Waals surface area (Å²) in [4.78, 5) is 25.1. The number of methoxy groups -OCH3 is 1. The molecule has 0 unspecified atom stereocenters. The molecule has 2 N–H and O–H groups in total. The Balaban J connectivity index is 1.62. The van der Waals surface area contributed by atoms with E-state index < -0.39 is 5.41 Å². The second kappa shape index (κ2) is 6.97. The first-order valence-corrected chi connectivity index (χ1v) is 8.33. The Morgan fingerprint density at radius 1 is 1.08 bits per heavy atom. The van der Waals surface area contributed by atoms with Crippen molar-refractivity contribution < 1.29 is 14.3 Å². The molecule has 5 heteroatoms. The zero-order valence-corrected chi connectivity index (χ0v) is 14.5. The highest BCUT2D eigenvalue weighted by atomic mass is 16.5. The molecule has 25 heavy (non-hydrogen) atoms. The summed E-state index contributed by atoms with van der Waals surface area (Å²) in [6.07, 6.45) is 1.14. The van der Waals surface area contributed by atoms with Crippen molar-refractivity contribution in [1.29, 1.82) is 0 Å². The molecule has 1 fully saturated rings. The Morgan fingerprint density at radius 2 is 1.84 bits per heavy atom. The van der Waals surface area contributed by atoms with Gasteiger partial charge in [0.05, 0.1) is 7.11 Å². The van der Waals surface area contributed by atoms with E-state index in [2.05, 4.69) is 10.6 Å². The van der Waals surface area contributed by atoms with Crippen LogP contribution < -0.4 is 15.4 Å². The number of amides is 2. The van der Waals surface area contributed by atoms with Crippen molar-refractivity contribution in [2.24, 2.45) is 5.41 Å². The van der Waals surface area contributed by atoms with Crippen LogP contribution in [0.5, 0.6) is 5.75 Å². The molecule has 5 nitrogen and oxygen atoms in total. The van der Waals surface area contributed by atoms with Crippen molar-refractivity contribution >= 4 is 17.5 Å². The molecule has 2 aromatic carbocycles. The Hall–Kier alpha value is -2.82. The van der Waals surface area contributed by atoms with Gasteiger partial charge >= 0.3 is 0 Å². The number of hydrogen-bond acceptors (Lipinski definition) is 3. The number of ether oxygens (including phenoxy) is 1. The van der Waals surface area contributed by atoms with Crippen LogP contribution in [-0.2, 0) is 16.1 Å². The topological polar surface area (TPSA) is 67.4 Å². The van der Waals surface area contributed by atoms with Crippen molar-refractivity contribution in [3.05, 3.63) is 59.7 Å². The molecule has 1 aliphatic carbocycles. The van der Waals surface area contributed by atoms with Crippen LogP contribution in [0.2, 0.25) is 0 Å². The van der Waals surface area contributed by atoms with Gasteiger partial charge < -0.3 is 15.4 Å². The van der Waals surface area contributed by atoms with E-state index in [9.17, 15) is 9.59 Å². The van der Waals surface area contributed by atoms with Gasteiger partial charge in [-0.15, -0.1) is 0 Å². The minimum atomic E-state index is -0.951. The monoisotopic (exact) mass is 338 g/mol. The standard InChI is InChI=1S/C20H22N2O3/c1-14-5-3-6-15(11-14)13-21-18(23)20(9-10-20)19(24)22-16-7-4-8-17(12-16)25-2/h3-8,11-12H,9-10,13H2,1-2H3,(H,21,23)(H,22,24). The summed E-state index contributed by atoms with van der Waals surface area (Å²) in [5.41, 5.74) is 1.84. The summed E-state index contributed by atoms with van der Waals surface area (Å²) < 4.78 is 5.15. The number of carbonyl (C=O) groups is 2. The van der Waals surface area contributed by atoms with Gasteiger partial charge in [0.25, 0.3) is 0 Å². The zero-order valence-electron chi connectivity index (χ0n) is 14.5. The maximum Gasteiger partial charge on any atom is 0.240 e. The quantitative estimate of drug-likeness (QED) is 0.796. The lowest BCUT2D eigenvalue weighted by Crippen LogP contribution is -2.39. The molecule has 0 aliphatic heterocycles. The van der Waals surface area contributed by atoms with Gasteiger partial charge in [0, 0.05) is 18.3 Å². The van der Waals surface area contributed by atoms with E-state index in [1.165, 1.54) is 0 Å². The highest BCUT2D eigenvalue weighted by molar-refractivity contribution is 6.13. The van der Waals surface area contributed by atoms with Crippen LogP contribution in [0.1, 0.15) is 24.0 Å². The van der Waals surface area contributed by atoms with Crippen LogP contribution >= 0.6 is 0 Å². The van der Waals surface area contributed by atoms with Crippen molar-refractivity contribution in [3.8, 4) is 5.75 Å². The number of rotatable bonds is 6. The Labute approximate surface area is 147 Å². The predicted octanol–water partition coefficient (Wildman–Crippen LogP) is 3.04. The lowest BCUT2D eigenvalue weighted by atomic mass is 10.0. The van der Waals surface area contributed by atoms with Crippen molar-refractivity contribution in [1.82, 2.24) is 5.32 Å². The molecule has 0 radical (unpaired) electrons. The van der Waals surface area contributed by atoms with Gasteiger partial charge in [-0.3, -0.25) is 9.59 Å². The first kappa shape index (κ1) is 17.0. The van der Waals surface area contributed by atoms with E-state index in [4.69, 9.17) is 4.74 Å². The molecule has 2 amide bonds. The molecule has 1 aliphatic rings. The molecule has 0 bridgehead atoms. The minimum Gasteiger partial charge on any atom is -0.497 e. The van der Waals surface area contributed by atoms with Gasteiger partial charge in [0.2, 0.25) is 11.8 Å². The van der Waals surface area contributed by atoms with Crippen LogP contribution in [0.3, 0.4) is 0 Å². The maximum atomic E-state index is 12.6. The van der Waals surface area contributed by atoms with Gasteiger partial charge in [-0.25, -0.2) is 0 Å². The molecular weight excluding hydrogens is 316 g/mol. The average Bonchev–Trinajstić information content (AvgIpc) is 3.42. The number of aryl methyl sites for hydroxylation is 1. The Kier molecular flexibility index (Phi) is 4.74. The second-order valence-electron chi connectivity index (χ2n) is 6.44.